The van der Waals surface area contributed by atoms with Crippen LogP contribution in [-0.4, -0.2) is 17.6 Å². The molecule has 0 saturated carbocycles. The molecule has 4 heteroatoms. The van der Waals surface area contributed by atoms with Crippen molar-refractivity contribution < 1.29 is 0 Å². The third-order valence-corrected chi connectivity index (χ3v) is 2.54. The lowest BCUT2D eigenvalue weighted by atomic mass is 10.2. The summed E-state index contributed by atoms with van der Waals surface area (Å²) >= 11 is 3.34. The minimum Gasteiger partial charge on any atom is -0.370 e. The van der Waals surface area contributed by atoms with Crippen LogP contribution in [0.15, 0.2) is 22.8 Å². The minimum atomic E-state index is 0.290. The molecule has 1 aromatic rings. The van der Waals surface area contributed by atoms with E-state index in [1.165, 1.54) is 0 Å². The van der Waals surface area contributed by atoms with Crippen molar-refractivity contribution in [2.75, 3.05) is 11.9 Å². The van der Waals surface area contributed by atoms with Crippen LogP contribution < -0.4 is 11.1 Å². The summed E-state index contributed by atoms with van der Waals surface area (Å²) in [5.74, 6) is 0.900. The number of anilines is 1. The monoisotopic (exact) mass is 257 g/mol. The van der Waals surface area contributed by atoms with E-state index >= 15 is 0 Å². The number of nitrogens with zero attached hydrogens (tertiary/aromatic N) is 1. The first-order valence-electron chi connectivity index (χ1n) is 4.83. The van der Waals surface area contributed by atoms with Crippen molar-refractivity contribution in [3.05, 3.63) is 22.8 Å². The fourth-order valence-electron chi connectivity index (χ4n) is 1.07. The average Bonchev–Trinajstić information content (AvgIpc) is 2.21. The minimum absolute atomic E-state index is 0.290. The summed E-state index contributed by atoms with van der Waals surface area (Å²) in [6.07, 6.45) is 3.78. The molecule has 78 valence electrons. The molecule has 3 nitrogen and oxygen atoms in total. The second kappa shape index (κ2) is 5.98. The van der Waals surface area contributed by atoms with Gasteiger partial charge in [0.2, 0.25) is 0 Å². The summed E-state index contributed by atoms with van der Waals surface area (Å²) in [6, 6.07) is 4.20. The largest absolute Gasteiger partial charge is 0.370 e. The highest BCUT2D eigenvalue weighted by atomic mass is 79.9. The number of nitrogens with two attached hydrogens (primary N) is 1. The Kier molecular flexibility index (Phi) is 4.90. The number of halogens is 1. The summed E-state index contributed by atoms with van der Waals surface area (Å²) < 4.78 is 0.994. The number of aromatic nitrogens is 1. The molecule has 0 bridgehead atoms. The van der Waals surface area contributed by atoms with E-state index in [1.54, 1.807) is 6.20 Å². The first kappa shape index (κ1) is 11.5. The van der Waals surface area contributed by atoms with Gasteiger partial charge < -0.3 is 11.1 Å². The second-order valence-electron chi connectivity index (χ2n) is 3.25. The predicted molar refractivity (Wildman–Crippen MR) is 63.3 cm³/mol. The predicted octanol–water partition coefficient (Wildman–Crippen LogP) is 2.38. The molecule has 1 heterocycles. The Morgan fingerprint density at radius 2 is 2.36 bits per heavy atom. The van der Waals surface area contributed by atoms with E-state index in [4.69, 9.17) is 5.73 Å². The molecule has 0 aliphatic heterocycles. The zero-order valence-corrected chi connectivity index (χ0v) is 9.92. The van der Waals surface area contributed by atoms with Crippen LogP contribution in [0.4, 0.5) is 5.82 Å². The third-order valence-electron chi connectivity index (χ3n) is 2.07. The zero-order valence-electron chi connectivity index (χ0n) is 8.33. The van der Waals surface area contributed by atoms with Gasteiger partial charge in [-0.05, 0) is 40.9 Å². The number of nitrogens with one attached hydrogen (secondary N) is 1. The van der Waals surface area contributed by atoms with E-state index in [0.717, 1.165) is 29.7 Å². The first-order chi connectivity index (χ1) is 6.72. The zero-order chi connectivity index (χ0) is 10.4. The maximum Gasteiger partial charge on any atom is 0.125 e. The Labute approximate surface area is 93.2 Å². The van der Waals surface area contributed by atoms with Crippen LogP contribution in [0.2, 0.25) is 0 Å². The van der Waals surface area contributed by atoms with Crippen LogP contribution in [0.1, 0.15) is 19.8 Å². The molecule has 0 aliphatic rings. The molecule has 0 amide bonds. The van der Waals surface area contributed by atoms with Crippen LogP contribution >= 0.6 is 15.9 Å². The topological polar surface area (TPSA) is 50.9 Å². The van der Waals surface area contributed by atoms with E-state index in [0.29, 0.717) is 0 Å². The maximum atomic E-state index is 5.79. The molecule has 1 atom stereocenters. The van der Waals surface area contributed by atoms with Crippen molar-refractivity contribution in [2.24, 2.45) is 5.73 Å². The van der Waals surface area contributed by atoms with Gasteiger partial charge in [-0.25, -0.2) is 4.98 Å². The Morgan fingerprint density at radius 1 is 1.57 bits per heavy atom. The molecule has 0 radical (unpaired) electrons. The van der Waals surface area contributed by atoms with Crippen molar-refractivity contribution in [3.63, 3.8) is 0 Å². The van der Waals surface area contributed by atoms with Crippen molar-refractivity contribution in [2.45, 2.75) is 25.8 Å². The fraction of sp³-hybridized carbons (Fsp3) is 0.500. The summed E-state index contributed by atoms with van der Waals surface area (Å²) in [6.45, 7) is 2.98. The van der Waals surface area contributed by atoms with Crippen LogP contribution in [0.5, 0.6) is 0 Å². The fourth-order valence-corrected chi connectivity index (χ4v) is 1.30. The average molecular weight is 258 g/mol. The van der Waals surface area contributed by atoms with Gasteiger partial charge in [0.1, 0.15) is 5.82 Å². The van der Waals surface area contributed by atoms with Gasteiger partial charge in [-0.3, -0.25) is 0 Å². The molecule has 0 aromatic carbocycles. The first-order valence-corrected chi connectivity index (χ1v) is 5.62. The van der Waals surface area contributed by atoms with Crippen molar-refractivity contribution >= 4 is 21.7 Å². The molecule has 1 unspecified atom stereocenters. The van der Waals surface area contributed by atoms with E-state index in [-0.39, 0.29) is 6.04 Å². The molecular weight excluding hydrogens is 242 g/mol. The molecule has 3 N–H and O–H groups in total. The highest BCUT2D eigenvalue weighted by Crippen LogP contribution is 2.10. The van der Waals surface area contributed by atoms with Crippen molar-refractivity contribution in [1.82, 2.24) is 4.98 Å². The molecule has 1 aromatic heterocycles. The summed E-state index contributed by atoms with van der Waals surface area (Å²) in [5.41, 5.74) is 5.79. The Morgan fingerprint density at radius 3 is 2.93 bits per heavy atom. The summed E-state index contributed by atoms with van der Waals surface area (Å²) in [4.78, 5) is 4.20. The molecule has 0 spiro atoms. The Balaban J connectivity index is 2.28. The van der Waals surface area contributed by atoms with E-state index in [2.05, 4.69) is 33.2 Å². The summed E-state index contributed by atoms with van der Waals surface area (Å²) in [5, 5.41) is 3.23. The molecular formula is C10H16BrN3. The van der Waals surface area contributed by atoms with Gasteiger partial charge in [0.05, 0.1) is 0 Å². The highest BCUT2D eigenvalue weighted by Gasteiger charge is 1.98. The smallest absolute Gasteiger partial charge is 0.125 e. The van der Waals surface area contributed by atoms with Crippen LogP contribution in [0, 0.1) is 0 Å². The van der Waals surface area contributed by atoms with Crippen LogP contribution in [-0.2, 0) is 0 Å². The Bertz CT molecular complexity index is 261. The molecule has 14 heavy (non-hydrogen) atoms. The number of hydrogen-bond donors (Lipinski definition) is 2. The lowest BCUT2D eigenvalue weighted by molar-refractivity contribution is 0.613. The van der Waals surface area contributed by atoms with Gasteiger partial charge in [0.15, 0.2) is 0 Å². The quantitative estimate of drug-likeness (QED) is 0.852. The standard InChI is InChI=1S/C10H16BrN3/c1-2-9(12)5-6-13-10-4-3-8(11)7-14-10/h3-4,7,9H,2,5-6,12H2,1H3,(H,13,14). The van der Waals surface area contributed by atoms with Crippen molar-refractivity contribution in [1.29, 1.82) is 0 Å². The molecule has 0 fully saturated rings. The van der Waals surface area contributed by atoms with E-state index < -0.39 is 0 Å². The highest BCUT2D eigenvalue weighted by molar-refractivity contribution is 9.10. The van der Waals surface area contributed by atoms with Gasteiger partial charge in [-0.1, -0.05) is 6.92 Å². The third kappa shape index (κ3) is 4.07. The maximum absolute atomic E-state index is 5.79. The van der Waals surface area contributed by atoms with Gasteiger partial charge >= 0.3 is 0 Å². The Hall–Kier alpha value is -0.610. The lowest BCUT2D eigenvalue weighted by Gasteiger charge is -2.09. The van der Waals surface area contributed by atoms with Gasteiger partial charge in [-0.2, -0.15) is 0 Å². The van der Waals surface area contributed by atoms with E-state index in [9.17, 15) is 0 Å². The SMILES string of the molecule is CCC(N)CCNc1ccc(Br)cn1. The lowest BCUT2D eigenvalue weighted by Crippen LogP contribution is -2.22. The molecule has 0 aliphatic carbocycles. The van der Waals surface area contributed by atoms with Gasteiger partial charge in [-0.15, -0.1) is 0 Å². The number of pyridine rings is 1. The normalized spacial score (nSPS) is 12.5. The van der Waals surface area contributed by atoms with Crippen molar-refractivity contribution in [3.8, 4) is 0 Å². The molecule has 0 saturated heterocycles. The summed E-state index contributed by atoms with van der Waals surface area (Å²) in [7, 11) is 0. The van der Waals surface area contributed by atoms with Crippen LogP contribution in [0.25, 0.3) is 0 Å². The number of hydrogen-bond acceptors (Lipinski definition) is 3. The van der Waals surface area contributed by atoms with E-state index in [1.807, 2.05) is 12.1 Å². The van der Waals surface area contributed by atoms with Gasteiger partial charge in [0, 0.05) is 23.3 Å². The van der Waals surface area contributed by atoms with Crippen LogP contribution in [0.3, 0.4) is 0 Å². The molecule has 1 rings (SSSR count). The second-order valence-corrected chi connectivity index (χ2v) is 4.16. The number of rotatable bonds is 5. The van der Waals surface area contributed by atoms with Gasteiger partial charge in [0.25, 0.3) is 0 Å².